The second kappa shape index (κ2) is 9.67. The fourth-order valence-electron chi connectivity index (χ4n) is 4.87. The van der Waals surface area contributed by atoms with E-state index in [1.54, 1.807) is 6.20 Å². The first-order valence-corrected chi connectivity index (χ1v) is 13.3. The smallest absolute Gasteiger partial charge is 0.225 e. The van der Waals surface area contributed by atoms with Crippen LogP contribution in [0.4, 0.5) is 5.95 Å². The van der Waals surface area contributed by atoms with E-state index in [-0.39, 0.29) is 11.7 Å². The van der Waals surface area contributed by atoms with Crippen molar-refractivity contribution < 1.29 is 4.79 Å². The lowest BCUT2D eigenvalue weighted by atomic mass is 9.92. The van der Waals surface area contributed by atoms with Gasteiger partial charge in [0.05, 0.1) is 5.52 Å². The number of likely N-dealkylation sites (N-methyl/N-ethyl adjacent to an activating group) is 1. The van der Waals surface area contributed by atoms with Crippen LogP contribution in [0.3, 0.4) is 0 Å². The summed E-state index contributed by atoms with van der Waals surface area (Å²) < 4.78 is 0. The molecule has 2 fully saturated rings. The second-order valence-electron chi connectivity index (χ2n) is 10.0. The summed E-state index contributed by atoms with van der Waals surface area (Å²) in [6, 6.07) is 9.88. The number of pyridine rings is 1. The summed E-state index contributed by atoms with van der Waals surface area (Å²) in [6.45, 7) is 5.65. The number of carbonyl (C=O) groups excluding carboxylic acids is 1. The maximum absolute atomic E-state index is 13.3. The van der Waals surface area contributed by atoms with Crippen LogP contribution in [0, 0.1) is 12.8 Å². The van der Waals surface area contributed by atoms with E-state index in [0.717, 1.165) is 83.7 Å². The Balaban J connectivity index is 1.48. The highest BCUT2D eigenvalue weighted by Crippen LogP contribution is 2.40. The molecule has 2 aliphatic rings. The molecule has 188 valence electrons. The molecule has 3 heterocycles. The van der Waals surface area contributed by atoms with Crippen molar-refractivity contribution in [3.63, 3.8) is 0 Å². The normalized spacial score (nSPS) is 16.4. The molecule has 4 aromatic rings. The van der Waals surface area contributed by atoms with Gasteiger partial charge in [-0.25, -0.2) is 9.97 Å². The van der Waals surface area contributed by atoms with Gasteiger partial charge in [0.1, 0.15) is 0 Å². The Hall–Kier alpha value is -3.06. The molecule has 0 spiro atoms. The lowest BCUT2D eigenvalue weighted by Gasteiger charge is -2.32. The van der Waals surface area contributed by atoms with E-state index in [1.165, 1.54) is 0 Å². The maximum atomic E-state index is 13.3. The van der Waals surface area contributed by atoms with Crippen molar-refractivity contribution in [2.45, 2.75) is 19.8 Å². The molecule has 0 radical (unpaired) electrons. The molecular formula is C29H27Cl2N5O. The van der Waals surface area contributed by atoms with E-state index in [4.69, 9.17) is 33.2 Å². The number of hydrogen-bond acceptors (Lipinski definition) is 6. The molecule has 37 heavy (non-hydrogen) atoms. The molecule has 1 saturated carbocycles. The molecule has 1 aliphatic heterocycles. The number of hydrogen-bond donors (Lipinski definition) is 0. The minimum atomic E-state index is 0.0708. The number of Topliss-reactive ketones (excluding diaryl/α,β-unsaturated/α-hetero) is 1. The van der Waals surface area contributed by atoms with Crippen molar-refractivity contribution in [3.05, 3.63) is 70.1 Å². The zero-order valence-corrected chi connectivity index (χ0v) is 22.4. The van der Waals surface area contributed by atoms with Crippen LogP contribution >= 0.6 is 23.2 Å². The van der Waals surface area contributed by atoms with Crippen LogP contribution in [0.1, 0.15) is 28.8 Å². The number of ketones is 1. The topological polar surface area (TPSA) is 62.2 Å². The third-order valence-corrected chi connectivity index (χ3v) is 8.19. The molecule has 8 heteroatoms. The lowest BCUT2D eigenvalue weighted by Crippen LogP contribution is -2.45. The van der Waals surface area contributed by atoms with E-state index >= 15 is 0 Å². The van der Waals surface area contributed by atoms with Gasteiger partial charge >= 0.3 is 0 Å². The van der Waals surface area contributed by atoms with E-state index in [0.29, 0.717) is 15.6 Å². The van der Waals surface area contributed by atoms with Crippen LogP contribution in [0.15, 0.2) is 48.9 Å². The highest BCUT2D eigenvalue weighted by molar-refractivity contribution is 6.36. The standard InChI is InChI=1S/C29H27Cl2N5O/c1-17-24(30)12-20(13-25(17)31)19-5-6-26-22(11-19)27(23(16-32-26)28(37)18-3-4-18)21-14-33-29(34-15-21)36-9-7-35(2)8-10-36/h5-6,11-16,18H,3-4,7-10H2,1-2H3. The van der Waals surface area contributed by atoms with Gasteiger partial charge in [-0.3, -0.25) is 9.78 Å². The third kappa shape index (κ3) is 4.70. The van der Waals surface area contributed by atoms with Crippen molar-refractivity contribution in [2.75, 3.05) is 38.1 Å². The molecule has 1 aliphatic carbocycles. The van der Waals surface area contributed by atoms with Crippen LogP contribution in [-0.2, 0) is 0 Å². The molecule has 1 saturated heterocycles. The molecular weight excluding hydrogens is 505 g/mol. The Morgan fingerprint density at radius 1 is 0.865 bits per heavy atom. The van der Waals surface area contributed by atoms with Gasteiger partial charge in [0, 0.05) is 82.8 Å². The summed E-state index contributed by atoms with van der Waals surface area (Å²) >= 11 is 12.9. The fraction of sp³-hybridized carbons (Fsp3) is 0.310. The second-order valence-corrected chi connectivity index (χ2v) is 10.9. The Kier molecular flexibility index (Phi) is 6.35. The summed E-state index contributed by atoms with van der Waals surface area (Å²) in [7, 11) is 2.13. The van der Waals surface area contributed by atoms with Gasteiger partial charge in [0.2, 0.25) is 5.95 Å². The highest BCUT2D eigenvalue weighted by Gasteiger charge is 2.33. The number of anilines is 1. The molecule has 0 atom stereocenters. The average molecular weight is 532 g/mol. The molecule has 0 N–H and O–H groups in total. The number of benzene rings is 2. The van der Waals surface area contributed by atoms with Crippen molar-refractivity contribution in [3.8, 4) is 22.3 Å². The SMILES string of the molecule is Cc1c(Cl)cc(-c2ccc3ncc(C(=O)C4CC4)c(-c4cnc(N5CCN(C)CC5)nc4)c3c2)cc1Cl. The van der Waals surface area contributed by atoms with E-state index in [9.17, 15) is 4.79 Å². The van der Waals surface area contributed by atoms with E-state index < -0.39 is 0 Å². The Morgan fingerprint density at radius 3 is 2.19 bits per heavy atom. The van der Waals surface area contributed by atoms with E-state index in [1.807, 2.05) is 43.6 Å². The molecule has 6 nitrogen and oxygen atoms in total. The van der Waals surface area contributed by atoms with Gasteiger partial charge in [0.25, 0.3) is 0 Å². The van der Waals surface area contributed by atoms with Crippen molar-refractivity contribution in [2.24, 2.45) is 5.92 Å². The zero-order chi connectivity index (χ0) is 25.7. The lowest BCUT2D eigenvalue weighted by molar-refractivity contribution is 0.0968. The highest BCUT2D eigenvalue weighted by atomic mass is 35.5. The fourth-order valence-corrected chi connectivity index (χ4v) is 5.35. The predicted molar refractivity (Wildman–Crippen MR) is 150 cm³/mol. The van der Waals surface area contributed by atoms with Gasteiger partial charge in [-0.15, -0.1) is 0 Å². The van der Waals surface area contributed by atoms with Crippen LogP contribution in [0.2, 0.25) is 10.0 Å². The van der Waals surface area contributed by atoms with Gasteiger partial charge in [-0.2, -0.15) is 0 Å². The maximum Gasteiger partial charge on any atom is 0.225 e. The van der Waals surface area contributed by atoms with Crippen molar-refractivity contribution in [1.29, 1.82) is 0 Å². The Labute approximate surface area is 226 Å². The van der Waals surface area contributed by atoms with Gasteiger partial charge in [0.15, 0.2) is 5.78 Å². The Morgan fingerprint density at radius 2 is 1.54 bits per heavy atom. The summed E-state index contributed by atoms with van der Waals surface area (Å²) in [6.07, 6.45) is 7.24. The summed E-state index contributed by atoms with van der Waals surface area (Å²) in [4.78, 5) is 31.9. The molecule has 2 aromatic carbocycles. The first kappa shape index (κ1) is 24.3. The first-order valence-electron chi connectivity index (χ1n) is 12.6. The van der Waals surface area contributed by atoms with Gasteiger partial charge in [-0.1, -0.05) is 29.3 Å². The Bertz CT molecular complexity index is 1490. The quantitative estimate of drug-likeness (QED) is 0.281. The summed E-state index contributed by atoms with van der Waals surface area (Å²) in [5.41, 5.74) is 5.79. The number of piperazine rings is 1. The molecule has 0 amide bonds. The monoisotopic (exact) mass is 531 g/mol. The molecule has 0 bridgehead atoms. The number of nitrogens with zero attached hydrogens (tertiary/aromatic N) is 5. The number of carbonyl (C=O) groups is 1. The molecule has 0 unspecified atom stereocenters. The van der Waals surface area contributed by atoms with Gasteiger partial charge < -0.3 is 9.80 Å². The molecule has 2 aromatic heterocycles. The van der Waals surface area contributed by atoms with E-state index in [2.05, 4.69) is 27.9 Å². The summed E-state index contributed by atoms with van der Waals surface area (Å²) in [5, 5.41) is 2.12. The van der Waals surface area contributed by atoms with Crippen LogP contribution in [-0.4, -0.2) is 58.9 Å². The van der Waals surface area contributed by atoms with Crippen molar-refractivity contribution in [1.82, 2.24) is 19.9 Å². The third-order valence-electron chi connectivity index (χ3n) is 7.41. The largest absolute Gasteiger partial charge is 0.338 e. The number of halogens is 2. The molecule has 6 rings (SSSR count). The number of aromatic nitrogens is 3. The minimum Gasteiger partial charge on any atom is -0.338 e. The predicted octanol–water partition coefficient (Wildman–Crippen LogP) is 6.32. The van der Waals surface area contributed by atoms with Crippen molar-refractivity contribution >= 4 is 45.8 Å². The first-order chi connectivity index (χ1) is 17.9. The van der Waals surface area contributed by atoms with Crippen LogP contribution in [0.5, 0.6) is 0 Å². The van der Waals surface area contributed by atoms with Crippen LogP contribution in [0.25, 0.3) is 33.2 Å². The number of rotatable bonds is 5. The summed E-state index contributed by atoms with van der Waals surface area (Å²) in [5.74, 6) is 0.927. The average Bonchev–Trinajstić information content (AvgIpc) is 3.76. The van der Waals surface area contributed by atoms with Gasteiger partial charge in [-0.05, 0) is 67.8 Å². The van der Waals surface area contributed by atoms with Crippen LogP contribution < -0.4 is 4.90 Å². The minimum absolute atomic E-state index is 0.0708. The zero-order valence-electron chi connectivity index (χ0n) is 20.8. The number of fused-ring (bicyclic) bond motifs is 1.